The highest BCUT2D eigenvalue weighted by molar-refractivity contribution is 9.10. The summed E-state index contributed by atoms with van der Waals surface area (Å²) in [5.74, 6) is 0.233. The molecule has 0 spiro atoms. The zero-order chi connectivity index (χ0) is 13.5. The Hall–Kier alpha value is -0.870. The monoisotopic (exact) mass is 323 g/mol. The standard InChI is InChI=1S/C15H18BrNO2/c16-11-5-3-10(4-6-11)12-9-13(12)17-14(18)15(19)7-1-2-8-15/h3-6,12-13,19H,1-2,7-9H2,(H,17,18). The van der Waals surface area contributed by atoms with Crippen molar-refractivity contribution >= 4 is 21.8 Å². The number of carbonyl (C=O) groups is 1. The van der Waals surface area contributed by atoms with Gasteiger partial charge in [-0.2, -0.15) is 0 Å². The Kier molecular flexibility index (Phi) is 3.39. The summed E-state index contributed by atoms with van der Waals surface area (Å²) < 4.78 is 1.07. The SMILES string of the molecule is O=C(NC1CC1c1ccc(Br)cc1)C1(O)CCCC1. The summed E-state index contributed by atoms with van der Waals surface area (Å²) in [5.41, 5.74) is 0.152. The predicted molar refractivity (Wildman–Crippen MR) is 76.8 cm³/mol. The first-order chi connectivity index (χ1) is 9.08. The van der Waals surface area contributed by atoms with Crippen LogP contribution in [-0.2, 0) is 4.79 Å². The summed E-state index contributed by atoms with van der Waals surface area (Å²) in [6, 6.07) is 8.42. The third-order valence-corrected chi connectivity index (χ3v) is 4.79. The maximum atomic E-state index is 12.1. The lowest BCUT2D eigenvalue weighted by atomic mass is 10.0. The fraction of sp³-hybridized carbons (Fsp3) is 0.533. The molecule has 3 rings (SSSR count). The van der Waals surface area contributed by atoms with Crippen LogP contribution in [0, 0.1) is 0 Å². The van der Waals surface area contributed by atoms with Crippen LogP contribution in [0.25, 0.3) is 0 Å². The van der Waals surface area contributed by atoms with E-state index in [-0.39, 0.29) is 11.9 Å². The molecule has 1 aromatic rings. The van der Waals surface area contributed by atoms with E-state index < -0.39 is 5.60 Å². The van der Waals surface area contributed by atoms with Gasteiger partial charge < -0.3 is 10.4 Å². The topological polar surface area (TPSA) is 49.3 Å². The molecule has 2 atom stereocenters. The van der Waals surface area contributed by atoms with Crippen molar-refractivity contribution in [1.29, 1.82) is 0 Å². The van der Waals surface area contributed by atoms with Crippen LogP contribution in [-0.4, -0.2) is 22.7 Å². The number of hydrogen-bond acceptors (Lipinski definition) is 2. The summed E-state index contributed by atoms with van der Waals surface area (Å²) in [5, 5.41) is 13.2. The first-order valence-corrected chi connectivity index (χ1v) is 7.67. The number of carbonyl (C=O) groups excluding carboxylic acids is 1. The highest BCUT2D eigenvalue weighted by atomic mass is 79.9. The van der Waals surface area contributed by atoms with E-state index in [1.165, 1.54) is 5.56 Å². The fourth-order valence-corrected chi connectivity index (χ4v) is 3.19. The molecule has 0 heterocycles. The van der Waals surface area contributed by atoms with Crippen molar-refractivity contribution in [2.45, 2.75) is 49.7 Å². The Morgan fingerprint density at radius 1 is 1.26 bits per heavy atom. The molecule has 2 unspecified atom stereocenters. The second-order valence-electron chi connectivity index (χ2n) is 5.71. The quantitative estimate of drug-likeness (QED) is 0.898. The van der Waals surface area contributed by atoms with Crippen molar-refractivity contribution in [3.05, 3.63) is 34.3 Å². The van der Waals surface area contributed by atoms with Gasteiger partial charge in [0.15, 0.2) is 0 Å². The summed E-state index contributed by atoms with van der Waals surface area (Å²) in [4.78, 5) is 12.1. The van der Waals surface area contributed by atoms with Crippen LogP contribution in [0.15, 0.2) is 28.7 Å². The molecule has 19 heavy (non-hydrogen) atoms. The lowest BCUT2D eigenvalue weighted by Crippen LogP contribution is -2.45. The van der Waals surface area contributed by atoms with Gasteiger partial charge in [0.05, 0.1) is 0 Å². The zero-order valence-corrected chi connectivity index (χ0v) is 12.3. The minimum atomic E-state index is -1.10. The van der Waals surface area contributed by atoms with Crippen LogP contribution >= 0.6 is 15.9 Å². The smallest absolute Gasteiger partial charge is 0.252 e. The number of aliphatic hydroxyl groups is 1. The number of benzene rings is 1. The Morgan fingerprint density at radius 3 is 2.53 bits per heavy atom. The molecule has 3 nitrogen and oxygen atoms in total. The molecule has 2 fully saturated rings. The van der Waals surface area contributed by atoms with Crippen molar-refractivity contribution in [1.82, 2.24) is 5.32 Å². The molecular formula is C15H18BrNO2. The van der Waals surface area contributed by atoms with Gasteiger partial charge in [-0.1, -0.05) is 28.1 Å². The lowest BCUT2D eigenvalue weighted by molar-refractivity contribution is -0.139. The summed E-state index contributed by atoms with van der Waals surface area (Å²) in [6.07, 6.45) is 4.09. The minimum Gasteiger partial charge on any atom is -0.380 e. The molecule has 0 saturated heterocycles. The van der Waals surface area contributed by atoms with Crippen LogP contribution < -0.4 is 5.32 Å². The third kappa shape index (κ3) is 2.70. The number of nitrogens with one attached hydrogen (secondary N) is 1. The predicted octanol–water partition coefficient (Wildman–Crippen LogP) is 2.73. The van der Waals surface area contributed by atoms with Gasteiger partial charge in [0.2, 0.25) is 0 Å². The van der Waals surface area contributed by atoms with Crippen LogP contribution in [0.4, 0.5) is 0 Å². The molecule has 0 bridgehead atoms. The first-order valence-electron chi connectivity index (χ1n) is 6.87. The number of amides is 1. The average molecular weight is 324 g/mol. The number of rotatable bonds is 3. The fourth-order valence-electron chi connectivity index (χ4n) is 2.92. The summed E-state index contributed by atoms with van der Waals surface area (Å²) >= 11 is 3.42. The highest BCUT2D eigenvalue weighted by Crippen LogP contribution is 2.42. The summed E-state index contributed by atoms with van der Waals surface area (Å²) in [7, 11) is 0. The van der Waals surface area contributed by atoms with Crippen molar-refractivity contribution in [2.75, 3.05) is 0 Å². The van der Waals surface area contributed by atoms with Crippen molar-refractivity contribution < 1.29 is 9.90 Å². The van der Waals surface area contributed by atoms with Crippen LogP contribution in [0.3, 0.4) is 0 Å². The van der Waals surface area contributed by atoms with Crippen molar-refractivity contribution in [3.8, 4) is 0 Å². The van der Waals surface area contributed by atoms with E-state index in [0.717, 1.165) is 23.7 Å². The maximum absolute atomic E-state index is 12.1. The van der Waals surface area contributed by atoms with Gasteiger partial charge in [0, 0.05) is 16.4 Å². The molecule has 0 aliphatic heterocycles. The number of hydrogen-bond donors (Lipinski definition) is 2. The van der Waals surface area contributed by atoms with E-state index in [2.05, 4.69) is 33.4 Å². The highest BCUT2D eigenvalue weighted by Gasteiger charge is 2.45. The lowest BCUT2D eigenvalue weighted by Gasteiger charge is -2.21. The molecule has 1 amide bonds. The van der Waals surface area contributed by atoms with Gasteiger partial charge in [-0.05, 0) is 49.8 Å². The van der Waals surface area contributed by atoms with Gasteiger partial charge in [-0.25, -0.2) is 0 Å². The van der Waals surface area contributed by atoms with Crippen LogP contribution in [0.5, 0.6) is 0 Å². The Balaban J connectivity index is 1.58. The third-order valence-electron chi connectivity index (χ3n) is 4.26. The Labute approximate surface area is 121 Å². The van der Waals surface area contributed by atoms with E-state index in [0.29, 0.717) is 18.8 Å². The molecule has 2 saturated carbocycles. The molecular weight excluding hydrogens is 306 g/mol. The molecule has 0 radical (unpaired) electrons. The molecule has 2 aliphatic rings. The Morgan fingerprint density at radius 2 is 1.89 bits per heavy atom. The first kappa shape index (κ1) is 13.1. The van der Waals surface area contributed by atoms with Crippen LogP contribution in [0.1, 0.15) is 43.6 Å². The summed E-state index contributed by atoms with van der Waals surface area (Å²) in [6.45, 7) is 0. The molecule has 2 aliphatic carbocycles. The van der Waals surface area contributed by atoms with E-state index in [9.17, 15) is 9.90 Å². The average Bonchev–Trinajstić information content (AvgIpc) is 3.00. The van der Waals surface area contributed by atoms with Crippen molar-refractivity contribution in [3.63, 3.8) is 0 Å². The second kappa shape index (κ2) is 4.91. The molecule has 4 heteroatoms. The van der Waals surface area contributed by atoms with Gasteiger partial charge in [-0.15, -0.1) is 0 Å². The van der Waals surface area contributed by atoms with E-state index in [1.54, 1.807) is 0 Å². The number of halogens is 1. The maximum Gasteiger partial charge on any atom is 0.252 e. The molecule has 2 N–H and O–H groups in total. The van der Waals surface area contributed by atoms with Gasteiger partial charge >= 0.3 is 0 Å². The molecule has 102 valence electrons. The largest absolute Gasteiger partial charge is 0.380 e. The van der Waals surface area contributed by atoms with E-state index in [4.69, 9.17) is 0 Å². The van der Waals surface area contributed by atoms with Crippen molar-refractivity contribution in [2.24, 2.45) is 0 Å². The van der Waals surface area contributed by atoms with Crippen LogP contribution in [0.2, 0.25) is 0 Å². The normalized spacial score (nSPS) is 28.1. The van der Waals surface area contributed by atoms with E-state index in [1.807, 2.05) is 12.1 Å². The zero-order valence-electron chi connectivity index (χ0n) is 10.7. The second-order valence-corrected chi connectivity index (χ2v) is 6.63. The molecule has 1 aromatic carbocycles. The van der Waals surface area contributed by atoms with Gasteiger partial charge in [0.25, 0.3) is 5.91 Å². The van der Waals surface area contributed by atoms with E-state index >= 15 is 0 Å². The molecule has 0 aromatic heterocycles. The van der Waals surface area contributed by atoms with Gasteiger partial charge in [-0.3, -0.25) is 4.79 Å². The van der Waals surface area contributed by atoms with Gasteiger partial charge in [0.1, 0.15) is 5.60 Å². The minimum absolute atomic E-state index is 0.172. The Bertz CT molecular complexity index is 479.